The van der Waals surface area contributed by atoms with Crippen LogP contribution in [-0.4, -0.2) is 27.3 Å². The maximum atomic E-state index is 10.2. The fourth-order valence-corrected chi connectivity index (χ4v) is 1.18. The molecule has 78 valence electrons. The van der Waals surface area contributed by atoms with Crippen molar-refractivity contribution in [1.29, 1.82) is 0 Å². The summed E-state index contributed by atoms with van der Waals surface area (Å²) in [5, 5.41) is 13.4. The molecular weight excluding hydrogens is 180 g/mol. The Bertz CT molecular complexity index is 296. The zero-order chi connectivity index (χ0) is 10.6. The van der Waals surface area contributed by atoms with Crippen molar-refractivity contribution in [3.05, 3.63) is 18.0 Å². The predicted molar refractivity (Wildman–Crippen MR) is 53.0 cm³/mol. The maximum Gasteiger partial charge on any atom is 0.148 e. The molecule has 4 heteroatoms. The van der Waals surface area contributed by atoms with Crippen LogP contribution in [0.4, 0.5) is 0 Å². The van der Waals surface area contributed by atoms with Gasteiger partial charge in [-0.05, 0) is 19.4 Å². The molecule has 0 amide bonds. The molecule has 0 aliphatic carbocycles. The van der Waals surface area contributed by atoms with Gasteiger partial charge in [-0.3, -0.25) is 4.68 Å². The number of hydrogen-bond acceptors (Lipinski definition) is 3. The minimum absolute atomic E-state index is 0.299. The summed E-state index contributed by atoms with van der Waals surface area (Å²) in [5.74, 6) is 0. The van der Waals surface area contributed by atoms with Crippen molar-refractivity contribution in [1.82, 2.24) is 9.78 Å². The Balaban J connectivity index is 2.63. The van der Waals surface area contributed by atoms with Gasteiger partial charge in [-0.15, -0.1) is 0 Å². The number of aliphatic hydroxyl groups is 1. The van der Waals surface area contributed by atoms with Gasteiger partial charge < -0.3 is 9.90 Å². The first-order chi connectivity index (χ1) is 6.67. The van der Waals surface area contributed by atoms with Crippen LogP contribution >= 0.6 is 0 Å². The lowest BCUT2D eigenvalue weighted by molar-refractivity contribution is -0.114. The van der Waals surface area contributed by atoms with Crippen LogP contribution in [0, 0.1) is 0 Å². The average Bonchev–Trinajstić information content (AvgIpc) is 2.65. The van der Waals surface area contributed by atoms with Crippen LogP contribution in [0.5, 0.6) is 0 Å². The molecule has 0 aromatic carbocycles. The number of carbonyl (C=O) groups is 1. The van der Waals surface area contributed by atoms with E-state index in [-0.39, 0.29) is 0 Å². The molecule has 1 heterocycles. The highest BCUT2D eigenvalue weighted by Crippen LogP contribution is 2.09. The normalized spacial score (nSPS) is 15.1. The summed E-state index contributed by atoms with van der Waals surface area (Å²) in [6, 6.07) is 2.19. The lowest BCUT2D eigenvalue weighted by Crippen LogP contribution is -2.12. The Labute approximate surface area is 83.5 Å². The van der Waals surface area contributed by atoms with Crippen molar-refractivity contribution in [2.75, 3.05) is 0 Å². The zero-order valence-corrected chi connectivity index (χ0v) is 8.55. The lowest BCUT2D eigenvalue weighted by atomic mass is 10.2. The van der Waals surface area contributed by atoms with Gasteiger partial charge in [0.15, 0.2) is 0 Å². The first-order valence-electron chi connectivity index (χ1n) is 4.84. The maximum absolute atomic E-state index is 10.2. The second kappa shape index (κ2) is 4.91. The van der Waals surface area contributed by atoms with Gasteiger partial charge in [0.2, 0.25) is 0 Å². The van der Waals surface area contributed by atoms with E-state index in [9.17, 15) is 4.79 Å². The molecule has 0 bridgehead atoms. The van der Waals surface area contributed by atoms with Gasteiger partial charge in [0.25, 0.3) is 0 Å². The highest BCUT2D eigenvalue weighted by atomic mass is 16.3. The molecule has 0 fully saturated rings. The molecule has 1 aromatic rings. The van der Waals surface area contributed by atoms with Crippen molar-refractivity contribution >= 4 is 6.29 Å². The van der Waals surface area contributed by atoms with Crippen LogP contribution in [0.2, 0.25) is 0 Å². The number of aromatic nitrogens is 2. The zero-order valence-electron chi connectivity index (χ0n) is 8.55. The Morgan fingerprint density at radius 2 is 2.43 bits per heavy atom. The summed E-state index contributed by atoms with van der Waals surface area (Å²) in [5.41, 5.74) is 0.755. The van der Waals surface area contributed by atoms with Gasteiger partial charge in [-0.25, -0.2) is 0 Å². The van der Waals surface area contributed by atoms with Crippen LogP contribution in [0.1, 0.15) is 32.0 Å². The van der Waals surface area contributed by atoms with Gasteiger partial charge in [0.1, 0.15) is 12.4 Å². The second-order valence-electron chi connectivity index (χ2n) is 3.45. The first-order valence-corrected chi connectivity index (χ1v) is 4.84. The molecule has 0 aliphatic heterocycles. The highest BCUT2D eigenvalue weighted by molar-refractivity contribution is 5.56. The second-order valence-corrected chi connectivity index (χ2v) is 3.45. The monoisotopic (exact) mass is 196 g/mol. The summed E-state index contributed by atoms with van der Waals surface area (Å²) in [6.45, 7) is 4.17. The number of carbonyl (C=O) groups excluding carboxylic acids is 1. The molecule has 0 saturated carbocycles. The predicted octanol–water partition coefficient (Wildman–Crippen LogP) is 0.956. The summed E-state index contributed by atoms with van der Waals surface area (Å²) >= 11 is 0. The number of aliphatic hydroxyl groups excluding tert-OH is 1. The first kappa shape index (κ1) is 10.9. The minimum Gasteiger partial charge on any atom is -0.385 e. The number of nitrogens with zero attached hydrogens (tertiary/aromatic N) is 2. The SMILES string of the molecule is CCC(C)n1ccc(CC(O)C=O)n1. The van der Waals surface area contributed by atoms with E-state index in [2.05, 4.69) is 18.9 Å². The molecule has 1 N–H and O–H groups in total. The Morgan fingerprint density at radius 3 is 3.00 bits per heavy atom. The van der Waals surface area contributed by atoms with E-state index in [1.807, 2.05) is 16.9 Å². The van der Waals surface area contributed by atoms with E-state index in [1.54, 1.807) is 0 Å². The van der Waals surface area contributed by atoms with E-state index >= 15 is 0 Å². The van der Waals surface area contributed by atoms with Crippen molar-refractivity contribution in [2.24, 2.45) is 0 Å². The standard InChI is InChI=1S/C10H16N2O2/c1-3-8(2)12-5-4-9(11-12)6-10(14)7-13/h4-5,7-8,10,14H,3,6H2,1-2H3. The number of rotatable bonds is 5. The molecule has 0 spiro atoms. The van der Waals surface area contributed by atoms with Gasteiger partial charge >= 0.3 is 0 Å². The Morgan fingerprint density at radius 1 is 1.71 bits per heavy atom. The lowest BCUT2D eigenvalue weighted by Gasteiger charge is -2.08. The highest BCUT2D eigenvalue weighted by Gasteiger charge is 2.08. The molecule has 14 heavy (non-hydrogen) atoms. The summed E-state index contributed by atoms with van der Waals surface area (Å²) in [7, 11) is 0. The summed E-state index contributed by atoms with van der Waals surface area (Å²) < 4.78 is 1.85. The molecule has 2 atom stereocenters. The summed E-state index contributed by atoms with van der Waals surface area (Å²) in [4.78, 5) is 10.2. The van der Waals surface area contributed by atoms with Crippen LogP contribution in [0.25, 0.3) is 0 Å². The van der Waals surface area contributed by atoms with Gasteiger partial charge in [-0.2, -0.15) is 5.10 Å². The van der Waals surface area contributed by atoms with Crippen LogP contribution in [0.3, 0.4) is 0 Å². The smallest absolute Gasteiger partial charge is 0.148 e. The molecule has 1 rings (SSSR count). The van der Waals surface area contributed by atoms with E-state index in [0.717, 1.165) is 12.1 Å². The van der Waals surface area contributed by atoms with Gasteiger partial charge in [0.05, 0.1) is 5.69 Å². The molecule has 1 aromatic heterocycles. The third-order valence-corrected chi connectivity index (χ3v) is 2.28. The number of aldehydes is 1. The van der Waals surface area contributed by atoms with Crippen LogP contribution in [-0.2, 0) is 11.2 Å². The van der Waals surface area contributed by atoms with E-state index < -0.39 is 6.10 Å². The number of hydrogen-bond donors (Lipinski definition) is 1. The molecule has 0 radical (unpaired) electrons. The van der Waals surface area contributed by atoms with Crippen molar-refractivity contribution in [2.45, 2.75) is 38.8 Å². The molecule has 4 nitrogen and oxygen atoms in total. The van der Waals surface area contributed by atoms with Crippen molar-refractivity contribution in [3.63, 3.8) is 0 Å². The molecule has 0 saturated heterocycles. The molecule has 0 aliphatic rings. The molecular formula is C10H16N2O2. The minimum atomic E-state index is -0.935. The van der Waals surface area contributed by atoms with Crippen LogP contribution in [0.15, 0.2) is 12.3 Å². The van der Waals surface area contributed by atoms with Gasteiger partial charge in [-0.1, -0.05) is 6.92 Å². The fraction of sp³-hybridized carbons (Fsp3) is 0.600. The Hall–Kier alpha value is -1.16. The van der Waals surface area contributed by atoms with Crippen molar-refractivity contribution in [3.8, 4) is 0 Å². The van der Waals surface area contributed by atoms with E-state index in [1.165, 1.54) is 0 Å². The summed E-state index contributed by atoms with van der Waals surface area (Å²) in [6.07, 6.45) is 2.78. The Kier molecular flexibility index (Phi) is 3.83. The average molecular weight is 196 g/mol. The van der Waals surface area contributed by atoms with Gasteiger partial charge in [0, 0.05) is 18.7 Å². The van der Waals surface area contributed by atoms with E-state index in [0.29, 0.717) is 18.7 Å². The van der Waals surface area contributed by atoms with Crippen LogP contribution < -0.4 is 0 Å². The van der Waals surface area contributed by atoms with Crippen molar-refractivity contribution < 1.29 is 9.90 Å². The third-order valence-electron chi connectivity index (χ3n) is 2.28. The molecule has 2 unspecified atom stereocenters. The third kappa shape index (κ3) is 2.67. The topological polar surface area (TPSA) is 55.1 Å². The quantitative estimate of drug-likeness (QED) is 0.713. The fourth-order valence-electron chi connectivity index (χ4n) is 1.18. The largest absolute Gasteiger partial charge is 0.385 e. The van der Waals surface area contributed by atoms with E-state index in [4.69, 9.17) is 5.11 Å².